The van der Waals surface area contributed by atoms with E-state index in [1.165, 1.54) is 20.3 Å². The molecule has 0 N–H and O–H groups in total. The first-order valence-electron chi connectivity index (χ1n) is 7.45. The maximum absolute atomic E-state index is 12.1. The van der Waals surface area contributed by atoms with Crippen molar-refractivity contribution in [1.29, 1.82) is 0 Å². The Kier molecular flexibility index (Phi) is 5.57. The topological polar surface area (TPSA) is 79.7 Å². The lowest BCUT2D eigenvalue weighted by atomic mass is 10.1. The molecule has 2 rings (SSSR count). The Labute approximate surface area is 139 Å². The number of carbonyl (C=O) groups excluding carboxylic acids is 1. The van der Waals surface area contributed by atoms with Gasteiger partial charge in [0.2, 0.25) is 0 Å². The smallest absolute Gasteiger partial charge is 0.330 e. The van der Waals surface area contributed by atoms with Crippen LogP contribution in [-0.4, -0.2) is 37.1 Å². The third-order valence-corrected chi connectivity index (χ3v) is 3.66. The Morgan fingerprint density at radius 1 is 1.17 bits per heavy atom. The Bertz CT molecular complexity index is 785. The van der Waals surface area contributed by atoms with Crippen LogP contribution in [0.25, 0.3) is 11.3 Å². The molecule has 1 unspecified atom stereocenters. The predicted octanol–water partition coefficient (Wildman–Crippen LogP) is 2.05. The number of aromatic nitrogens is 2. The van der Waals surface area contributed by atoms with Crippen molar-refractivity contribution in [3.05, 3.63) is 40.7 Å². The highest BCUT2D eigenvalue weighted by atomic mass is 16.5. The molecule has 128 valence electrons. The van der Waals surface area contributed by atoms with Crippen LogP contribution in [0.5, 0.6) is 11.5 Å². The minimum atomic E-state index is -0.772. The zero-order valence-corrected chi connectivity index (χ0v) is 14.1. The van der Waals surface area contributed by atoms with Gasteiger partial charge in [0.05, 0.1) is 27.0 Å². The Morgan fingerprint density at radius 2 is 1.92 bits per heavy atom. The summed E-state index contributed by atoms with van der Waals surface area (Å²) in [6.07, 6.45) is 0.392. The minimum Gasteiger partial charge on any atom is -0.497 e. The molecule has 0 aliphatic carbocycles. The SMILES string of the molecule is CCC(C(=O)OC)n1nc(-c2ccc(OC)cc2OC)ccc1=O. The molecule has 0 fully saturated rings. The summed E-state index contributed by atoms with van der Waals surface area (Å²) >= 11 is 0. The molecule has 1 aromatic carbocycles. The van der Waals surface area contributed by atoms with E-state index in [1.54, 1.807) is 38.3 Å². The summed E-state index contributed by atoms with van der Waals surface area (Å²) in [5.41, 5.74) is 0.826. The van der Waals surface area contributed by atoms with E-state index in [4.69, 9.17) is 14.2 Å². The normalized spacial score (nSPS) is 11.7. The second-order valence-electron chi connectivity index (χ2n) is 5.01. The molecule has 0 bridgehead atoms. The van der Waals surface area contributed by atoms with Crippen LogP contribution in [-0.2, 0) is 9.53 Å². The molecule has 1 atom stereocenters. The van der Waals surface area contributed by atoms with Gasteiger partial charge in [0.25, 0.3) is 5.56 Å². The van der Waals surface area contributed by atoms with Crippen LogP contribution in [0.3, 0.4) is 0 Å². The number of hydrogen-bond acceptors (Lipinski definition) is 6. The van der Waals surface area contributed by atoms with Gasteiger partial charge in [-0.1, -0.05) is 6.92 Å². The predicted molar refractivity (Wildman–Crippen MR) is 88.4 cm³/mol. The number of hydrogen-bond donors (Lipinski definition) is 0. The van der Waals surface area contributed by atoms with Gasteiger partial charge in [-0.2, -0.15) is 5.10 Å². The van der Waals surface area contributed by atoms with Crippen LogP contribution in [0.4, 0.5) is 0 Å². The molecular formula is C17H20N2O5. The quantitative estimate of drug-likeness (QED) is 0.753. The molecule has 24 heavy (non-hydrogen) atoms. The first-order chi connectivity index (χ1) is 11.5. The van der Waals surface area contributed by atoms with E-state index in [2.05, 4.69) is 5.10 Å². The summed E-state index contributed by atoms with van der Waals surface area (Å²) in [4.78, 5) is 24.0. The van der Waals surface area contributed by atoms with Crippen LogP contribution in [0.2, 0.25) is 0 Å². The fraction of sp³-hybridized carbons (Fsp3) is 0.353. The lowest BCUT2D eigenvalue weighted by Crippen LogP contribution is -2.32. The number of esters is 1. The number of benzene rings is 1. The first-order valence-corrected chi connectivity index (χ1v) is 7.45. The Morgan fingerprint density at radius 3 is 2.50 bits per heavy atom. The number of methoxy groups -OCH3 is 3. The Balaban J connectivity index is 2.56. The van der Waals surface area contributed by atoms with E-state index in [9.17, 15) is 9.59 Å². The molecule has 1 aromatic heterocycles. The second kappa shape index (κ2) is 7.63. The third-order valence-electron chi connectivity index (χ3n) is 3.66. The van der Waals surface area contributed by atoms with E-state index in [1.807, 2.05) is 0 Å². The largest absolute Gasteiger partial charge is 0.497 e. The summed E-state index contributed by atoms with van der Waals surface area (Å²) in [7, 11) is 4.39. The van der Waals surface area contributed by atoms with Crippen LogP contribution in [0.1, 0.15) is 19.4 Å². The van der Waals surface area contributed by atoms with E-state index in [0.717, 1.165) is 4.68 Å². The van der Waals surface area contributed by atoms with Gasteiger partial charge in [0, 0.05) is 17.7 Å². The first kappa shape index (κ1) is 17.5. The van der Waals surface area contributed by atoms with Crippen LogP contribution < -0.4 is 15.0 Å². The summed E-state index contributed by atoms with van der Waals surface area (Å²) < 4.78 is 16.4. The van der Waals surface area contributed by atoms with Gasteiger partial charge in [-0.3, -0.25) is 4.79 Å². The average Bonchev–Trinajstić information content (AvgIpc) is 2.63. The fourth-order valence-corrected chi connectivity index (χ4v) is 2.38. The lowest BCUT2D eigenvalue weighted by molar-refractivity contribution is -0.145. The fourth-order valence-electron chi connectivity index (χ4n) is 2.38. The van der Waals surface area contributed by atoms with Crippen molar-refractivity contribution in [2.45, 2.75) is 19.4 Å². The molecule has 0 radical (unpaired) electrons. The summed E-state index contributed by atoms with van der Waals surface area (Å²) in [6, 6.07) is 7.47. The molecule has 0 aliphatic rings. The molecule has 0 saturated carbocycles. The number of carbonyl (C=O) groups is 1. The lowest BCUT2D eigenvalue weighted by Gasteiger charge is -2.16. The van der Waals surface area contributed by atoms with Crippen molar-refractivity contribution in [2.24, 2.45) is 0 Å². The van der Waals surface area contributed by atoms with Gasteiger partial charge in [-0.15, -0.1) is 0 Å². The van der Waals surface area contributed by atoms with Gasteiger partial charge >= 0.3 is 5.97 Å². The number of nitrogens with zero attached hydrogens (tertiary/aromatic N) is 2. The van der Waals surface area contributed by atoms with Gasteiger partial charge in [-0.25, -0.2) is 9.48 Å². The van der Waals surface area contributed by atoms with Crippen molar-refractivity contribution in [3.63, 3.8) is 0 Å². The zero-order chi connectivity index (χ0) is 17.7. The summed E-state index contributed by atoms with van der Waals surface area (Å²) in [5, 5.41) is 4.33. The summed E-state index contributed by atoms with van der Waals surface area (Å²) in [5.74, 6) is 0.689. The van der Waals surface area contributed by atoms with E-state index in [0.29, 0.717) is 29.2 Å². The van der Waals surface area contributed by atoms with Crippen LogP contribution in [0.15, 0.2) is 35.1 Å². The molecule has 7 heteroatoms. The molecule has 2 aromatic rings. The molecule has 0 saturated heterocycles. The molecule has 0 amide bonds. The molecule has 1 heterocycles. The molecule has 0 spiro atoms. The van der Waals surface area contributed by atoms with E-state index in [-0.39, 0.29) is 5.56 Å². The van der Waals surface area contributed by atoms with Crippen molar-refractivity contribution >= 4 is 5.97 Å². The highest BCUT2D eigenvalue weighted by Gasteiger charge is 2.22. The minimum absolute atomic E-state index is 0.372. The number of ether oxygens (including phenoxy) is 3. The maximum Gasteiger partial charge on any atom is 0.330 e. The van der Waals surface area contributed by atoms with Gasteiger partial charge in [0.15, 0.2) is 6.04 Å². The second-order valence-corrected chi connectivity index (χ2v) is 5.01. The average molecular weight is 332 g/mol. The maximum atomic E-state index is 12.1. The van der Waals surface area contributed by atoms with E-state index < -0.39 is 12.0 Å². The monoisotopic (exact) mass is 332 g/mol. The highest BCUT2D eigenvalue weighted by Crippen LogP contribution is 2.31. The molecule has 7 nitrogen and oxygen atoms in total. The number of rotatable bonds is 6. The zero-order valence-electron chi connectivity index (χ0n) is 14.1. The van der Waals surface area contributed by atoms with Crippen LogP contribution in [0, 0.1) is 0 Å². The van der Waals surface area contributed by atoms with Crippen LogP contribution >= 0.6 is 0 Å². The third kappa shape index (κ3) is 3.40. The van der Waals surface area contributed by atoms with Crippen molar-refractivity contribution in [1.82, 2.24) is 9.78 Å². The van der Waals surface area contributed by atoms with Gasteiger partial charge in [-0.05, 0) is 24.6 Å². The highest BCUT2D eigenvalue weighted by molar-refractivity contribution is 5.74. The van der Waals surface area contributed by atoms with Crippen molar-refractivity contribution in [3.8, 4) is 22.8 Å². The Hall–Kier alpha value is -2.83. The van der Waals surface area contributed by atoms with Crippen molar-refractivity contribution in [2.75, 3.05) is 21.3 Å². The molecular weight excluding hydrogens is 312 g/mol. The standard InChI is InChI=1S/C17H20N2O5/c1-5-14(17(21)24-4)19-16(20)9-8-13(18-19)12-7-6-11(22-2)10-15(12)23-3/h6-10,14H,5H2,1-4H3. The van der Waals surface area contributed by atoms with Gasteiger partial charge < -0.3 is 14.2 Å². The van der Waals surface area contributed by atoms with Gasteiger partial charge in [0.1, 0.15) is 11.5 Å². The molecule has 0 aliphatic heterocycles. The summed E-state index contributed by atoms with van der Waals surface area (Å²) in [6.45, 7) is 1.79. The van der Waals surface area contributed by atoms with E-state index >= 15 is 0 Å². The van der Waals surface area contributed by atoms with Crippen molar-refractivity contribution < 1.29 is 19.0 Å².